The minimum absolute atomic E-state index is 0.00930. The number of ether oxygens (including phenoxy) is 2. The summed E-state index contributed by atoms with van der Waals surface area (Å²) in [5.41, 5.74) is -0.142. The summed E-state index contributed by atoms with van der Waals surface area (Å²) in [6.45, 7) is 10.8. The average molecular weight is 833 g/mol. The maximum Gasteiger partial charge on any atom is 0.261 e. The average Bonchev–Trinajstić information content (AvgIpc) is 4.08. The number of hydrogen-bond acceptors (Lipinski definition) is 9. The summed E-state index contributed by atoms with van der Waals surface area (Å²) in [5.74, 6) is -2.21. The zero-order valence-corrected chi connectivity index (χ0v) is 35.0. The third-order valence-electron chi connectivity index (χ3n) is 12.0. The lowest BCUT2D eigenvalue weighted by Gasteiger charge is -2.37. The Kier molecular flexibility index (Phi) is 11.7. The first-order valence-electron chi connectivity index (χ1n) is 19.9. The minimum Gasteiger partial charge on any atom is -0.755 e. The van der Waals surface area contributed by atoms with Gasteiger partial charge >= 0.3 is 0 Å². The van der Waals surface area contributed by atoms with Gasteiger partial charge in [0.15, 0.2) is 0 Å². The standard InChI is InChI=1S/C43H52ClN5O8S/c1-6-28-25-43(28,40(53)49(58(54)55)42(44)17-18-42)46-38(51)35-22-30(26-48(35)39(52)32(41(2,3)4)23-37(50)47-19-11-8-12-20-47)57-36-24-33(27-13-9-7-10-14-27)45-34-21-29(56-5)15-16-31(34)36/h6-7,9-10,13-16,21,24,28,30,32,35H,1,8,11-12,17-20,22-23,25-26H2,2-5H3,(H,46,51)(H,54,55)/p-1/t28-,30-,32-,35+,43-/m1/s1. The van der Waals surface area contributed by atoms with Gasteiger partial charge in [0.25, 0.3) is 5.91 Å². The second-order valence-electron chi connectivity index (χ2n) is 17.0. The molecule has 2 aliphatic carbocycles. The molecule has 310 valence electrons. The molecule has 4 fully saturated rings. The highest BCUT2D eigenvalue weighted by Crippen LogP contribution is 2.52. The number of nitrogens with zero attached hydrogens (tertiary/aromatic N) is 4. The van der Waals surface area contributed by atoms with Gasteiger partial charge in [-0.25, -0.2) is 9.29 Å². The second-order valence-corrected chi connectivity index (χ2v) is 18.5. The van der Waals surface area contributed by atoms with E-state index in [4.69, 9.17) is 26.1 Å². The lowest BCUT2D eigenvalue weighted by atomic mass is 9.77. The van der Waals surface area contributed by atoms with Crippen LogP contribution in [0, 0.1) is 17.3 Å². The number of methoxy groups -OCH3 is 1. The normalized spacial score (nSPS) is 24.7. The van der Waals surface area contributed by atoms with Crippen LogP contribution in [-0.4, -0.2) is 101 Å². The van der Waals surface area contributed by atoms with E-state index in [9.17, 15) is 27.9 Å². The Morgan fingerprint density at radius 3 is 2.41 bits per heavy atom. The molecular formula is C43H51ClN5O8S-. The Labute approximate surface area is 346 Å². The van der Waals surface area contributed by atoms with Crippen molar-refractivity contribution in [1.29, 1.82) is 0 Å². The van der Waals surface area contributed by atoms with Gasteiger partial charge in [-0.05, 0) is 56.1 Å². The van der Waals surface area contributed by atoms with Gasteiger partial charge in [0.2, 0.25) is 17.7 Å². The number of fused-ring (bicyclic) bond motifs is 1. The molecular weight excluding hydrogens is 782 g/mol. The van der Waals surface area contributed by atoms with Crippen molar-refractivity contribution in [3.8, 4) is 22.8 Å². The molecule has 2 aliphatic heterocycles. The van der Waals surface area contributed by atoms with E-state index >= 15 is 0 Å². The molecule has 2 aromatic carbocycles. The molecule has 1 unspecified atom stereocenters. The van der Waals surface area contributed by atoms with Gasteiger partial charge in [-0.2, -0.15) is 0 Å². The van der Waals surface area contributed by atoms with Gasteiger partial charge in [0, 0.05) is 54.9 Å². The molecule has 0 radical (unpaired) electrons. The van der Waals surface area contributed by atoms with Crippen LogP contribution in [0.3, 0.4) is 0 Å². The van der Waals surface area contributed by atoms with Crippen LogP contribution in [-0.2, 0) is 30.4 Å². The topological polar surface area (TPSA) is 162 Å². The second kappa shape index (κ2) is 16.3. The number of alkyl halides is 1. The predicted octanol–water partition coefficient (Wildman–Crippen LogP) is 5.74. The molecule has 4 aliphatic rings. The van der Waals surface area contributed by atoms with E-state index in [-0.39, 0.29) is 50.5 Å². The highest BCUT2D eigenvalue weighted by Gasteiger charge is 2.65. The summed E-state index contributed by atoms with van der Waals surface area (Å²) in [4.78, 5) is 64.1. The summed E-state index contributed by atoms with van der Waals surface area (Å²) >= 11 is 3.50. The fourth-order valence-electron chi connectivity index (χ4n) is 8.31. The van der Waals surface area contributed by atoms with Crippen LogP contribution in [0.2, 0.25) is 0 Å². The van der Waals surface area contributed by atoms with Crippen LogP contribution in [0.4, 0.5) is 0 Å². The number of likely N-dealkylation sites (tertiary alicyclic amines) is 2. The number of hydrogen-bond donors (Lipinski definition) is 1. The zero-order valence-electron chi connectivity index (χ0n) is 33.4. The summed E-state index contributed by atoms with van der Waals surface area (Å²) in [7, 11) is 1.58. The van der Waals surface area contributed by atoms with Gasteiger partial charge in [0.05, 0.1) is 42.0 Å². The monoisotopic (exact) mass is 832 g/mol. The Morgan fingerprint density at radius 1 is 1.10 bits per heavy atom. The number of amides is 4. The molecule has 3 aromatic rings. The fourth-order valence-corrected chi connectivity index (χ4v) is 9.40. The number of pyridine rings is 1. The van der Waals surface area contributed by atoms with E-state index in [1.54, 1.807) is 13.2 Å². The van der Waals surface area contributed by atoms with Crippen molar-refractivity contribution in [1.82, 2.24) is 24.4 Å². The van der Waals surface area contributed by atoms with Crippen molar-refractivity contribution in [2.45, 2.75) is 94.8 Å². The third-order valence-corrected chi connectivity index (χ3v) is 13.5. The maximum atomic E-state index is 14.9. The van der Waals surface area contributed by atoms with Gasteiger partial charge in [-0.1, -0.05) is 68.8 Å². The fraction of sp³-hybridized carbons (Fsp3) is 0.512. The Hall–Kier alpha value is -4.53. The highest BCUT2D eigenvalue weighted by atomic mass is 35.5. The van der Waals surface area contributed by atoms with E-state index in [1.165, 1.54) is 11.0 Å². The quantitative estimate of drug-likeness (QED) is 0.0981. The molecule has 2 saturated heterocycles. The molecule has 0 bridgehead atoms. The van der Waals surface area contributed by atoms with Gasteiger partial charge in [0.1, 0.15) is 34.2 Å². The van der Waals surface area contributed by atoms with Crippen LogP contribution in [0.5, 0.6) is 11.5 Å². The van der Waals surface area contributed by atoms with E-state index in [2.05, 4.69) is 11.9 Å². The van der Waals surface area contributed by atoms with Crippen LogP contribution >= 0.6 is 11.6 Å². The Morgan fingerprint density at radius 2 is 1.81 bits per heavy atom. The lowest BCUT2D eigenvalue weighted by molar-refractivity contribution is -0.149. The lowest BCUT2D eigenvalue weighted by Crippen LogP contribution is -2.58. The number of carbonyl (C=O) groups excluding carboxylic acids is 4. The predicted molar refractivity (Wildman–Crippen MR) is 219 cm³/mol. The molecule has 58 heavy (non-hydrogen) atoms. The minimum atomic E-state index is -2.99. The SMILES string of the molecule is C=C[C@@H]1C[C@]1(NC(=O)[C@@H]1C[C@@H](Oc2cc(-c3ccccc3)nc3cc(OC)ccc23)CN1C(=O)[C@@H](CC(=O)N1CCCCC1)C(C)(C)C)C(=O)N(S(=O)[O-])C1(Cl)CC1. The van der Waals surface area contributed by atoms with Crippen LogP contribution in [0.1, 0.15) is 72.1 Å². The molecule has 4 amide bonds. The molecule has 1 N–H and O–H groups in total. The molecule has 0 spiro atoms. The zero-order chi connectivity index (χ0) is 41.6. The van der Waals surface area contributed by atoms with Crippen molar-refractivity contribution < 1.29 is 37.4 Å². The van der Waals surface area contributed by atoms with Crippen molar-refractivity contribution in [3.05, 3.63) is 67.3 Å². The number of rotatable bonds is 13. The van der Waals surface area contributed by atoms with Crippen LogP contribution < -0.4 is 14.8 Å². The first kappa shape index (κ1) is 41.6. The first-order valence-corrected chi connectivity index (χ1v) is 21.4. The number of piperidine rings is 1. The molecule has 3 heterocycles. The molecule has 13 nitrogen and oxygen atoms in total. The van der Waals surface area contributed by atoms with Crippen molar-refractivity contribution in [3.63, 3.8) is 0 Å². The van der Waals surface area contributed by atoms with Crippen LogP contribution in [0.15, 0.2) is 67.3 Å². The number of nitrogens with one attached hydrogen (secondary N) is 1. The van der Waals surface area contributed by atoms with Gasteiger partial charge in [-0.3, -0.25) is 23.4 Å². The Bertz CT molecular complexity index is 2120. The number of aromatic nitrogens is 1. The summed E-state index contributed by atoms with van der Waals surface area (Å²) in [6, 6.07) is 15.8. The highest BCUT2D eigenvalue weighted by molar-refractivity contribution is 7.77. The van der Waals surface area contributed by atoms with Crippen LogP contribution in [0.25, 0.3) is 22.2 Å². The first-order chi connectivity index (χ1) is 27.6. The summed E-state index contributed by atoms with van der Waals surface area (Å²) in [5, 5.41) is 3.57. The van der Waals surface area contributed by atoms with Gasteiger partial charge < -0.3 is 29.1 Å². The smallest absolute Gasteiger partial charge is 0.261 e. The van der Waals surface area contributed by atoms with E-state index in [1.807, 2.05) is 74.2 Å². The van der Waals surface area contributed by atoms with E-state index in [0.29, 0.717) is 45.5 Å². The number of halogens is 1. The van der Waals surface area contributed by atoms with Gasteiger partial charge in [-0.15, -0.1) is 6.58 Å². The molecule has 15 heteroatoms. The van der Waals surface area contributed by atoms with E-state index < -0.39 is 63.0 Å². The van der Waals surface area contributed by atoms with Crippen molar-refractivity contribution in [2.75, 3.05) is 26.7 Å². The maximum absolute atomic E-state index is 14.9. The summed E-state index contributed by atoms with van der Waals surface area (Å²) < 4.78 is 37.6. The van der Waals surface area contributed by atoms with Crippen molar-refractivity contribution >= 4 is 57.4 Å². The number of carbonyl (C=O) groups is 4. The molecule has 7 rings (SSSR count). The third kappa shape index (κ3) is 8.33. The Balaban J connectivity index is 1.23. The van der Waals surface area contributed by atoms with Crippen molar-refractivity contribution in [2.24, 2.45) is 17.3 Å². The molecule has 6 atom stereocenters. The summed E-state index contributed by atoms with van der Waals surface area (Å²) in [6.07, 6.45) is 4.39. The van der Waals surface area contributed by atoms with E-state index in [0.717, 1.165) is 24.8 Å². The molecule has 2 saturated carbocycles. The largest absolute Gasteiger partial charge is 0.755 e. The molecule has 1 aromatic heterocycles. The number of benzene rings is 2.